The predicted molar refractivity (Wildman–Crippen MR) is 75.4 cm³/mol. The van der Waals surface area contributed by atoms with Crippen LogP contribution in [-0.4, -0.2) is 5.78 Å². The van der Waals surface area contributed by atoms with E-state index in [2.05, 4.69) is 0 Å². The molecular weight excluding hydrogens is 236 g/mol. The van der Waals surface area contributed by atoms with Gasteiger partial charge in [0.05, 0.1) is 0 Å². The van der Waals surface area contributed by atoms with Crippen LogP contribution in [0.25, 0.3) is 11.0 Å². The molecule has 0 bridgehead atoms. The molecule has 3 rings (SSSR count). The second kappa shape index (κ2) is 4.73. The third-order valence-corrected chi connectivity index (χ3v) is 3.30. The molecule has 2 nitrogen and oxygen atoms in total. The number of carbonyl (C=O) groups excluding carboxylic acids is 1. The molecule has 94 valence electrons. The summed E-state index contributed by atoms with van der Waals surface area (Å²) in [7, 11) is 0. The van der Waals surface area contributed by atoms with Crippen LogP contribution in [0.4, 0.5) is 0 Å². The van der Waals surface area contributed by atoms with Gasteiger partial charge < -0.3 is 4.42 Å². The largest absolute Gasteiger partial charge is 0.453 e. The van der Waals surface area contributed by atoms with E-state index in [-0.39, 0.29) is 5.78 Å². The maximum Gasteiger partial charge on any atom is 0.202 e. The van der Waals surface area contributed by atoms with E-state index in [4.69, 9.17) is 4.42 Å². The fraction of sp³-hybridized carbons (Fsp3) is 0.118. The quantitative estimate of drug-likeness (QED) is 0.653. The summed E-state index contributed by atoms with van der Waals surface area (Å²) < 4.78 is 5.68. The Kier molecular flexibility index (Phi) is 2.92. The van der Waals surface area contributed by atoms with Gasteiger partial charge in [-0.1, -0.05) is 48.5 Å². The highest BCUT2D eigenvalue weighted by Gasteiger charge is 2.17. The number of hydrogen-bond acceptors (Lipinski definition) is 2. The molecular formula is C17H14O2. The maximum absolute atomic E-state index is 12.3. The van der Waals surface area contributed by atoms with Crippen molar-refractivity contribution in [3.63, 3.8) is 0 Å². The first-order valence-corrected chi connectivity index (χ1v) is 6.31. The molecule has 0 saturated carbocycles. The first-order valence-electron chi connectivity index (χ1n) is 6.31. The first kappa shape index (κ1) is 11.7. The van der Waals surface area contributed by atoms with Crippen molar-refractivity contribution in [2.24, 2.45) is 0 Å². The molecule has 19 heavy (non-hydrogen) atoms. The van der Waals surface area contributed by atoms with E-state index in [9.17, 15) is 4.79 Å². The number of hydrogen-bond donors (Lipinski definition) is 0. The Hall–Kier alpha value is -2.35. The highest BCUT2D eigenvalue weighted by atomic mass is 16.3. The van der Waals surface area contributed by atoms with Crippen molar-refractivity contribution < 1.29 is 9.21 Å². The van der Waals surface area contributed by atoms with Crippen molar-refractivity contribution >= 4 is 16.8 Å². The lowest BCUT2D eigenvalue weighted by Crippen LogP contribution is -2.03. The van der Waals surface area contributed by atoms with Crippen LogP contribution in [0.5, 0.6) is 0 Å². The van der Waals surface area contributed by atoms with E-state index in [1.807, 2.05) is 61.5 Å². The summed E-state index contributed by atoms with van der Waals surface area (Å²) in [5.74, 6) is 0.505. The molecule has 1 heterocycles. The standard InChI is InChI=1S/C17H14O2/c1-12-14-9-5-6-10-16(14)19-17(12)15(18)11-13-7-3-2-4-8-13/h2-10H,11H2,1H3. The molecule has 0 aliphatic carbocycles. The van der Waals surface area contributed by atoms with Gasteiger partial charge in [0.15, 0.2) is 5.76 Å². The minimum Gasteiger partial charge on any atom is -0.453 e. The van der Waals surface area contributed by atoms with Gasteiger partial charge in [-0.15, -0.1) is 0 Å². The van der Waals surface area contributed by atoms with Crippen LogP contribution in [0.3, 0.4) is 0 Å². The molecule has 2 heteroatoms. The number of rotatable bonds is 3. The summed E-state index contributed by atoms with van der Waals surface area (Å²) in [5, 5.41) is 1.01. The molecule has 0 saturated heterocycles. The Labute approximate surface area is 111 Å². The molecule has 1 aromatic heterocycles. The third-order valence-electron chi connectivity index (χ3n) is 3.30. The maximum atomic E-state index is 12.3. The molecule has 0 N–H and O–H groups in total. The molecule has 0 unspecified atom stereocenters. The predicted octanol–water partition coefficient (Wildman–Crippen LogP) is 4.17. The van der Waals surface area contributed by atoms with Gasteiger partial charge in [-0.05, 0) is 18.6 Å². The summed E-state index contributed by atoms with van der Waals surface area (Å²) in [6.45, 7) is 1.93. The number of fused-ring (bicyclic) bond motifs is 1. The lowest BCUT2D eigenvalue weighted by Gasteiger charge is -1.99. The molecule has 2 aromatic carbocycles. The number of furan rings is 1. The summed E-state index contributed by atoms with van der Waals surface area (Å²) >= 11 is 0. The Bertz CT molecular complexity index is 723. The number of carbonyl (C=O) groups is 1. The molecule has 0 aliphatic rings. The van der Waals surface area contributed by atoms with Gasteiger partial charge in [0, 0.05) is 17.4 Å². The van der Waals surface area contributed by atoms with E-state index in [0.29, 0.717) is 12.2 Å². The second-order valence-electron chi connectivity index (χ2n) is 4.64. The van der Waals surface area contributed by atoms with E-state index in [1.165, 1.54) is 0 Å². The van der Waals surface area contributed by atoms with Crippen molar-refractivity contribution in [2.45, 2.75) is 13.3 Å². The lowest BCUT2D eigenvalue weighted by atomic mass is 10.0. The van der Waals surface area contributed by atoms with Crippen molar-refractivity contribution in [3.8, 4) is 0 Å². The van der Waals surface area contributed by atoms with Crippen molar-refractivity contribution in [2.75, 3.05) is 0 Å². The Morgan fingerprint density at radius 3 is 2.42 bits per heavy atom. The Balaban J connectivity index is 1.96. The molecule has 0 aliphatic heterocycles. The first-order chi connectivity index (χ1) is 9.25. The molecule has 3 aromatic rings. The highest BCUT2D eigenvalue weighted by Crippen LogP contribution is 2.25. The van der Waals surface area contributed by atoms with Gasteiger partial charge in [-0.25, -0.2) is 0 Å². The fourth-order valence-corrected chi connectivity index (χ4v) is 2.30. The molecule has 0 radical (unpaired) electrons. The zero-order valence-electron chi connectivity index (χ0n) is 10.7. The summed E-state index contributed by atoms with van der Waals surface area (Å²) in [6.07, 6.45) is 0.376. The van der Waals surface area contributed by atoms with Crippen molar-refractivity contribution in [1.29, 1.82) is 0 Å². The van der Waals surface area contributed by atoms with Crippen LogP contribution in [0.2, 0.25) is 0 Å². The van der Waals surface area contributed by atoms with E-state index in [0.717, 1.165) is 22.1 Å². The second-order valence-corrected chi connectivity index (χ2v) is 4.64. The summed E-state index contributed by atoms with van der Waals surface area (Å²) in [5.41, 5.74) is 2.71. The minimum absolute atomic E-state index is 0.0277. The van der Waals surface area contributed by atoms with Crippen LogP contribution in [0.1, 0.15) is 21.7 Å². The Morgan fingerprint density at radius 1 is 1.00 bits per heavy atom. The molecule has 0 amide bonds. The van der Waals surface area contributed by atoms with Gasteiger partial charge in [-0.2, -0.15) is 0 Å². The van der Waals surface area contributed by atoms with Crippen LogP contribution >= 0.6 is 0 Å². The smallest absolute Gasteiger partial charge is 0.202 e. The van der Waals surface area contributed by atoms with Gasteiger partial charge in [0.1, 0.15) is 5.58 Å². The van der Waals surface area contributed by atoms with Crippen molar-refractivity contribution in [1.82, 2.24) is 0 Å². The minimum atomic E-state index is 0.0277. The van der Waals surface area contributed by atoms with E-state index in [1.54, 1.807) is 0 Å². The van der Waals surface area contributed by atoms with Crippen LogP contribution < -0.4 is 0 Å². The van der Waals surface area contributed by atoms with Gasteiger partial charge in [0.2, 0.25) is 5.78 Å². The van der Waals surface area contributed by atoms with Crippen LogP contribution in [0, 0.1) is 6.92 Å². The van der Waals surface area contributed by atoms with E-state index < -0.39 is 0 Å². The normalized spacial score (nSPS) is 10.8. The average molecular weight is 250 g/mol. The number of benzene rings is 2. The van der Waals surface area contributed by atoms with Crippen LogP contribution in [-0.2, 0) is 6.42 Å². The third kappa shape index (κ3) is 2.17. The number of aryl methyl sites for hydroxylation is 1. The summed E-state index contributed by atoms with van der Waals surface area (Å²) in [6, 6.07) is 17.5. The topological polar surface area (TPSA) is 30.2 Å². The monoisotopic (exact) mass is 250 g/mol. The lowest BCUT2D eigenvalue weighted by molar-refractivity contribution is 0.0967. The van der Waals surface area contributed by atoms with Crippen LogP contribution in [0.15, 0.2) is 59.0 Å². The highest BCUT2D eigenvalue weighted by molar-refractivity contribution is 6.01. The van der Waals surface area contributed by atoms with Gasteiger partial charge in [0.25, 0.3) is 0 Å². The van der Waals surface area contributed by atoms with Gasteiger partial charge in [-0.3, -0.25) is 4.79 Å². The zero-order chi connectivity index (χ0) is 13.2. The summed E-state index contributed by atoms with van der Waals surface area (Å²) in [4.78, 5) is 12.3. The molecule has 0 fully saturated rings. The zero-order valence-corrected chi connectivity index (χ0v) is 10.7. The van der Waals surface area contributed by atoms with E-state index >= 15 is 0 Å². The Morgan fingerprint density at radius 2 is 1.68 bits per heavy atom. The molecule has 0 spiro atoms. The number of para-hydroxylation sites is 1. The SMILES string of the molecule is Cc1c(C(=O)Cc2ccccc2)oc2ccccc12. The number of ketones is 1. The number of Topliss-reactive ketones (excluding diaryl/α,β-unsaturated/α-hetero) is 1. The fourth-order valence-electron chi connectivity index (χ4n) is 2.30. The molecule has 0 atom stereocenters. The van der Waals surface area contributed by atoms with Gasteiger partial charge >= 0.3 is 0 Å². The van der Waals surface area contributed by atoms with Crippen molar-refractivity contribution in [3.05, 3.63) is 71.5 Å². The average Bonchev–Trinajstić information content (AvgIpc) is 2.78.